The van der Waals surface area contributed by atoms with Crippen LogP contribution < -0.4 is 10.6 Å². The number of carbonyl (C=O) groups is 1. The van der Waals surface area contributed by atoms with E-state index in [9.17, 15) is 17.6 Å². The second kappa shape index (κ2) is 8.09. The van der Waals surface area contributed by atoms with E-state index in [1.54, 1.807) is 26.0 Å². The molecule has 0 heterocycles. The van der Waals surface area contributed by atoms with Crippen LogP contribution in [0.5, 0.6) is 0 Å². The summed E-state index contributed by atoms with van der Waals surface area (Å²) >= 11 is 0. The first-order chi connectivity index (χ1) is 11.9. The summed E-state index contributed by atoms with van der Waals surface area (Å²) in [6.45, 7) is 4.25. The monoisotopic (exact) mass is 365 g/mol. The molecular formula is C17H20FN3O3S. The van der Waals surface area contributed by atoms with Gasteiger partial charge in [0.25, 0.3) is 0 Å². The normalized spacial score (nSPS) is 11.4. The Kier molecular flexibility index (Phi) is 6.11. The average molecular weight is 365 g/mol. The van der Waals surface area contributed by atoms with Crippen LogP contribution in [-0.4, -0.2) is 31.8 Å². The first kappa shape index (κ1) is 18.9. The van der Waals surface area contributed by atoms with E-state index in [1.165, 1.54) is 40.7 Å². The summed E-state index contributed by atoms with van der Waals surface area (Å²) in [5, 5.41) is 5.11. The van der Waals surface area contributed by atoms with Crippen molar-refractivity contribution in [3.8, 4) is 0 Å². The zero-order chi connectivity index (χ0) is 18.4. The molecule has 0 aliphatic rings. The molecule has 0 aliphatic heterocycles. The van der Waals surface area contributed by atoms with Crippen LogP contribution in [0.3, 0.4) is 0 Å². The van der Waals surface area contributed by atoms with Gasteiger partial charge in [0.1, 0.15) is 5.82 Å². The fraction of sp³-hybridized carbons (Fsp3) is 0.235. The van der Waals surface area contributed by atoms with E-state index in [-0.39, 0.29) is 4.90 Å². The van der Waals surface area contributed by atoms with E-state index in [4.69, 9.17) is 0 Å². The Hall–Kier alpha value is -2.45. The smallest absolute Gasteiger partial charge is 0.308 e. The molecule has 8 heteroatoms. The van der Waals surface area contributed by atoms with Crippen molar-refractivity contribution in [2.75, 3.05) is 23.7 Å². The van der Waals surface area contributed by atoms with Gasteiger partial charge in [0.15, 0.2) is 0 Å². The van der Waals surface area contributed by atoms with Crippen molar-refractivity contribution in [3.05, 3.63) is 54.3 Å². The van der Waals surface area contributed by atoms with E-state index >= 15 is 0 Å². The van der Waals surface area contributed by atoms with E-state index in [2.05, 4.69) is 10.6 Å². The van der Waals surface area contributed by atoms with Gasteiger partial charge in [-0.15, -0.1) is 0 Å². The number of nitrogens with one attached hydrogen (secondary N) is 2. The number of amides is 2. The lowest BCUT2D eigenvalue weighted by Gasteiger charge is -2.18. The van der Waals surface area contributed by atoms with Crippen molar-refractivity contribution in [3.63, 3.8) is 0 Å². The molecule has 0 atom stereocenters. The zero-order valence-electron chi connectivity index (χ0n) is 14.0. The van der Waals surface area contributed by atoms with Crippen LogP contribution in [0.4, 0.5) is 20.6 Å². The average Bonchev–Trinajstić information content (AvgIpc) is 2.58. The molecule has 0 spiro atoms. The summed E-state index contributed by atoms with van der Waals surface area (Å²) in [5.41, 5.74) is 0.763. The first-order valence-corrected chi connectivity index (χ1v) is 9.24. The van der Waals surface area contributed by atoms with Crippen LogP contribution in [0.2, 0.25) is 0 Å². The molecule has 2 aromatic rings. The Labute approximate surface area is 146 Å². The van der Waals surface area contributed by atoms with Gasteiger partial charge in [-0.3, -0.25) is 0 Å². The van der Waals surface area contributed by atoms with Gasteiger partial charge < -0.3 is 10.6 Å². The summed E-state index contributed by atoms with van der Waals surface area (Å²) in [4.78, 5) is 12.1. The number of halogens is 1. The van der Waals surface area contributed by atoms with E-state index in [0.29, 0.717) is 24.5 Å². The van der Waals surface area contributed by atoms with E-state index < -0.39 is 21.9 Å². The maximum atomic E-state index is 12.9. The molecule has 2 rings (SSSR count). The third-order valence-electron chi connectivity index (χ3n) is 3.54. The van der Waals surface area contributed by atoms with Crippen LogP contribution in [0.25, 0.3) is 0 Å². The minimum Gasteiger partial charge on any atom is -0.308 e. The second-order valence-electron chi connectivity index (χ2n) is 5.20. The standard InChI is InChI=1S/C17H20FN3O3S/c1-3-21(4-2)25(23,24)16-7-5-6-15(12-16)20-17(22)19-14-10-8-13(18)9-11-14/h5-12H,3-4H2,1-2H3,(H2,19,20,22). The molecule has 0 aromatic heterocycles. The minimum absolute atomic E-state index is 0.107. The van der Waals surface area contributed by atoms with Crippen LogP contribution >= 0.6 is 0 Å². The number of urea groups is 1. The van der Waals surface area contributed by atoms with Crippen molar-refractivity contribution < 1.29 is 17.6 Å². The Morgan fingerprint density at radius 3 is 2.20 bits per heavy atom. The summed E-state index contributed by atoms with van der Waals surface area (Å²) < 4.78 is 39.2. The molecule has 0 saturated carbocycles. The molecule has 2 amide bonds. The molecule has 0 unspecified atom stereocenters. The van der Waals surface area contributed by atoms with Crippen molar-refractivity contribution in [1.29, 1.82) is 0 Å². The highest BCUT2D eigenvalue weighted by molar-refractivity contribution is 7.89. The summed E-state index contributed by atoms with van der Waals surface area (Å²) in [5.74, 6) is -0.403. The highest BCUT2D eigenvalue weighted by atomic mass is 32.2. The largest absolute Gasteiger partial charge is 0.323 e. The molecule has 2 N–H and O–H groups in total. The van der Waals surface area contributed by atoms with Gasteiger partial charge in [0.05, 0.1) is 4.90 Å². The van der Waals surface area contributed by atoms with Gasteiger partial charge in [0, 0.05) is 24.5 Å². The number of carbonyl (C=O) groups excluding carboxylic acids is 1. The third-order valence-corrected chi connectivity index (χ3v) is 5.58. The Morgan fingerprint density at radius 1 is 1.00 bits per heavy atom. The predicted octanol–water partition coefficient (Wildman–Crippen LogP) is 3.50. The van der Waals surface area contributed by atoms with Crippen LogP contribution in [0.1, 0.15) is 13.8 Å². The highest BCUT2D eigenvalue weighted by Crippen LogP contribution is 2.20. The molecule has 0 aliphatic carbocycles. The fourth-order valence-electron chi connectivity index (χ4n) is 2.27. The maximum absolute atomic E-state index is 12.9. The third kappa shape index (κ3) is 4.77. The first-order valence-electron chi connectivity index (χ1n) is 7.80. The molecule has 6 nitrogen and oxygen atoms in total. The fourth-order valence-corrected chi connectivity index (χ4v) is 3.78. The molecule has 0 fully saturated rings. The number of nitrogens with zero attached hydrogens (tertiary/aromatic N) is 1. The van der Waals surface area contributed by atoms with Gasteiger partial charge in [-0.2, -0.15) is 4.31 Å². The summed E-state index contributed by atoms with van der Waals surface area (Å²) in [7, 11) is -3.60. The Morgan fingerprint density at radius 2 is 1.60 bits per heavy atom. The van der Waals surface area contributed by atoms with Gasteiger partial charge in [0.2, 0.25) is 10.0 Å². The maximum Gasteiger partial charge on any atom is 0.323 e. The quantitative estimate of drug-likeness (QED) is 0.822. The molecule has 0 radical (unpaired) electrons. The highest BCUT2D eigenvalue weighted by Gasteiger charge is 2.21. The predicted molar refractivity (Wildman–Crippen MR) is 95.6 cm³/mol. The molecule has 25 heavy (non-hydrogen) atoms. The molecular weight excluding hydrogens is 345 g/mol. The summed E-state index contributed by atoms with van der Waals surface area (Å²) in [6.07, 6.45) is 0. The SMILES string of the molecule is CCN(CC)S(=O)(=O)c1cccc(NC(=O)Nc2ccc(F)cc2)c1. The number of rotatable bonds is 6. The van der Waals surface area contributed by atoms with Crippen LogP contribution in [0.15, 0.2) is 53.4 Å². The van der Waals surface area contributed by atoms with Gasteiger partial charge >= 0.3 is 6.03 Å². The number of benzene rings is 2. The Balaban J connectivity index is 2.13. The van der Waals surface area contributed by atoms with Gasteiger partial charge in [-0.1, -0.05) is 19.9 Å². The Bertz CT molecular complexity index is 834. The molecule has 0 saturated heterocycles. The van der Waals surface area contributed by atoms with E-state index in [1.807, 2.05) is 0 Å². The number of hydrogen-bond acceptors (Lipinski definition) is 3. The van der Waals surface area contributed by atoms with Crippen molar-refractivity contribution in [2.24, 2.45) is 0 Å². The van der Waals surface area contributed by atoms with Crippen molar-refractivity contribution >= 4 is 27.4 Å². The number of hydrogen-bond donors (Lipinski definition) is 2. The lowest BCUT2D eigenvalue weighted by Crippen LogP contribution is -2.30. The number of sulfonamides is 1. The van der Waals surface area contributed by atoms with Crippen molar-refractivity contribution in [2.45, 2.75) is 18.7 Å². The lowest BCUT2D eigenvalue weighted by molar-refractivity contribution is 0.262. The topological polar surface area (TPSA) is 78.5 Å². The molecule has 2 aromatic carbocycles. The van der Waals surface area contributed by atoms with Gasteiger partial charge in [-0.05, 0) is 42.5 Å². The van der Waals surface area contributed by atoms with Crippen molar-refractivity contribution in [1.82, 2.24) is 4.31 Å². The zero-order valence-corrected chi connectivity index (χ0v) is 14.8. The molecule has 0 bridgehead atoms. The summed E-state index contributed by atoms with van der Waals surface area (Å²) in [6, 6.07) is 10.8. The number of anilines is 2. The minimum atomic E-state index is -3.60. The van der Waals surface area contributed by atoms with Crippen LogP contribution in [-0.2, 0) is 10.0 Å². The molecule has 134 valence electrons. The second-order valence-corrected chi connectivity index (χ2v) is 7.14. The lowest BCUT2D eigenvalue weighted by atomic mass is 10.3. The van der Waals surface area contributed by atoms with E-state index in [0.717, 1.165) is 0 Å². The van der Waals surface area contributed by atoms with Crippen LogP contribution in [0, 0.1) is 5.82 Å². The van der Waals surface area contributed by atoms with Gasteiger partial charge in [-0.25, -0.2) is 17.6 Å².